The number of methoxy groups -OCH3 is 2. The van der Waals surface area contributed by atoms with E-state index in [4.69, 9.17) is 23.7 Å². The third-order valence-corrected chi connectivity index (χ3v) is 12.8. The fourth-order valence-corrected chi connectivity index (χ4v) is 9.05. The second-order valence-corrected chi connectivity index (χ2v) is 17.5. The molecule has 4 heterocycles. The van der Waals surface area contributed by atoms with E-state index in [0.29, 0.717) is 65.3 Å². The molecule has 0 radical (unpaired) electrons. The second kappa shape index (κ2) is 21.1. The first-order valence-corrected chi connectivity index (χ1v) is 22.6. The molecule has 4 aromatic heterocycles. The maximum atomic E-state index is 13.6. The van der Waals surface area contributed by atoms with Crippen LogP contribution < -0.4 is 14.2 Å². The first kappa shape index (κ1) is 48.5. The van der Waals surface area contributed by atoms with Crippen LogP contribution in [0, 0.1) is 32.5 Å². The predicted molar refractivity (Wildman–Crippen MR) is 250 cm³/mol. The monoisotopic (exact) mass is 946 g/mol. The zero-order chi connectivity index (χ0) is 48.9. The van der Waals surface area contributed by atoms with E-state index in [2.05, 4.69) is 20.2 Å². The molecule has 362 valence electrons. The second-order valence-electron chi connectivity index (χ2n) is 17.5. The Bertz CT molecular complexity index is 2960. The average Bonchev–Trinajstić information content (AvgIpc) is 4.09. The van der Waals surface area contributed by atoms with E-state index in [9.17, 15) is 34.4 Å². The SMILES string of the molecule is COc1cc([C@@H](O)[C@H](Cn2cc3nccc(C(=O)O)c3n2)OC2CCC(COc3cc([C@@H](O)[C@H](Cn4cc5nccc(C(=O)O)c5n4)OCCc4ccc(F)cc4)cc(OC)c3C)C2)c(C)cc1C. The molecular formula is C51H55FN6O11. The molecule has 0 spiro atoms. The number of carbonyl (C=O) groups is 2. The molecule has 1 saturated carbocycles. The summed E-state index contributed by atoms with van der Waals surface area (Å²) in [6.07, 6.45) is 4.28. The number of hydrogen-bond donors (Lipinski definition) is 4. The molecule has 0 saturated heterocycles. The summed E-state index contributed by atoms with van der Waals surface area (Å²) in [6.45, 7) is 6.33. The van der Waals surface area contributed by atoms with Crippen molar-refractivity contribution in [3.8, 4) is 17.2 Å². The number of benzene rings is 3. The normalized spacial score (nSPS) is 16.6. The number of pyridine rings is 2. The van der Waals surface area contributed by atoms with Crippen LogP contribution in [0.15, 0.2) is 85.5 Å². The molecule has 69 heavy (non-hydrogen) atoms. The van der Waals surface area contributed by atoms with Crippen molar-refractivity contribution >= 4 is 34.0 Å². The van der Waals surface area contributed by atoms with Gasteiger partial charge >= 0.3 is 11.9 Å². The first-order chi connectivity index (χ1) is 33.2. The fraction of sp³-hybridized carbons (Fsp3) is 0.373. The quantitative estimate of drug-likeness (QED) is 0.0552. The number of hydrogen-bond acceptors (Lipinski definition) is 13. The standard InChI is InChI=1S/C51H55FN6O11/c1-28-18-29(2)41(65-4)22-38(28)49(60)45(26-58-24-40-47(56-58)37(51(63)64)13-16-54-40)69-35-11-8-32(19-35)27-68-43-21-33(20-42(66-5)30(43)3)48(59)44(67-17-14-31-6-9-34(52)10-7-31)25-57-23-39-46(55-57)36(50(61)62)12-15-53-39/h6-7,9-10,12-13,15-16,18,20-24,32,35,44-45,48-49,59-60H,8,11,14,17,19,25-27H2,1-5H3,(H,61,62)(H,63,64)/t32?,35?,44-,45-,48+,49+/m0/s1. The summed E-state index contributed by atoms with van der Waals surface area (Å²) < 4.78 is 47.7. The minimum atomic E-state index is -1.24. The third-order valence-electron chi connectivity index (χ3n) is 12.8. The molecule has 1 aliphatic rings. The highest BCUT2D eigenvalue weighted by molar-refractivity contribution is 6.01. The highest BCUT2D eigenvalue weighted by atomic mass is 19.1. The lowest BCUT2D eigenvalue weighted by Crippen LogP contribution is -2.32. The summed E-state index contributed by atoms with van der Waals surface area (Å²) in [7, 11) is 3.11. The Hall–Kier alpha value is -6.99. The molecule has 17 nitrogen and oxygen atoms in total. The molecule has 0 amide bonds. The molecule has 4 N–H and O–H groups in total. The molecule has 7 aromatic rings. The fourth-order valence-electron chi connectivity index (χ4n) is 9.05. The Morgan fingerprint density at radius 2 is 1.36 bits per heavy atom. The van der Waals surface area contributed by atoms with Gasteiger partial charge in [0.2, 0.25) is 0 Å². The number of rotatable bonds is 21. The van der Waals surface area contributed by atoms with Gasteiger partial charge in [0.25, 0.3) is 0 Å². The van der Waals surface area contributed by atoms with Crippen LogP contribution in [0.4, 0.5) is 4.39 Å². The van der Waals surface area contributed by atoms with Crippen LogP contribution in [0.2, 0.25) is 0 Å². The summed E-state index contributed by atoms with van der Waals surface area (Å²) in [5, 5.41) is 52.7. The van der Waals surface area contributed by atoms with Gasteiger partial charge < -0.3 is 44.1 Å². The smallest absolute Gasteiger partial charge is 0.338 e. The third kappa shape index (κ3) is 11.0. The predicted octanol–water partition coefficient (Wildman–Crippen LogP) is 7.38. The van der Waals surface area contributed by atoms with Gasteiger partial charge in [-0.05, 0) is 123 Å². The Labute approximate surface area is 397 Å². The number of aromatic carboxylic acids is 2. The molecular weight excluding hydrogens is 892 g/mol. The van der Waals surface area contributed by atoms with Crippen LogP contribution in [0.25, 0.3) is 22.1 Å². The van der Waals surface area contributed by atoms with E-state index in [0.717, 1.165) is 28.7 Å². The van der Waals surface area contributed by atoms with Crippen molar-refractivity contribution in [1.29, 1.82) is 0 Å². The van der Waals surface area contributed by atoms with Crippen LogP contribution >= 0.6 is 0 Å². The molecule has 1 fully saturated rings. The lowest BCUT2D eigenvalue weighted by molar-refractivity contribution is -0.0860. The van der Waals surface area contributed by atoms with E-state index in [-0.39, 0.29) is 59.7 Å². The number of aliphatic hydroxyl groups is 2. The van der Waals surface area contributed by atoms with Crippen molar-refractivity contribution < 1.29 is 58.1 Å². The number of fused-ring (bicyclic) bond motifs is 2. The number of nitrogens with zero attached hydrogens (tertiary/aromatic N) is 6. The van der Waals surface area contributed by atoms with Crippen LogP contribution in [0.5, 0.6) is 17.2 Å². The van der Waals surface area contributed by atoms with Crippen molar-refractivity contribution in [2.24, 2.45) is 5.92 Å². The Balaban J connectivity index is 0.993. The highest BCUT2D eigenvalue weighted by Gasteiger charge is 2.34. The van der Waals surface area contributed by atoms with Gasteiger partial charge in [-0.2, -0.15) is 10.2 Å². The van der Waals surface area contributed by atoms with E-state index in [1.165, 1.54) is 48.5 Å². The van der Waals surface area contributed by atoms with Gasteiger partial charge in [-0.1, -0.05) is 18.2 Å². The Morgan fingerprint density at radius 1 is 0.754 bits per heavy atom. The molecule has 0 aliphatic heterocycles. The number of ether oxygens (including phenoxy) is 5. The summed E-state index contributed by atoms with van der Waals surface area (Å²) in [6, 6.07) is 16.1. The summed E-state index contributed by atoms with van der Waals surface area (Å²) in [5.74, 6) is -0.959. The van der Waals surface area contributed by atoms with Crippen molar-refractivity contribution in [1.82, 2.24) is 29.5 Å². The lowest BCUT2D eigenvalue weighted by Gasteiger charge is -2.28. The van der Waals surface area contributed by atoms with Crippen LogP contribution in [0.1, 0.15) is 85.6 Å². The Morgan fingerprint density at radius 3 is 1.97 bits per heavy atom. The van der Waals surface area contributed by atoms with Gasteiger partial charge in [-0.3, -0.25) is 19.3 Å². The largest absolute Gasteiger partial charge is 0.496 e. The Kier molecular flexibility index (Phi) is 14.8. The van der Waals surface area contributed by atoms with Crippen LogP contribution in [-0.2, 0) is 29.0 Å². The number of aliphatic hydroxyl groups excluding tert-OH is 2. The van der Waals surface area contributed by atoms with Gasteiger partial charge in [0.1, 0.15) is 69.5 Å². The first-order valence-electron chi connectivity index (χ1n) is 22.6. The lowest BCUT2D eigenvalue weighted by atomic mass is 9.96. The molecule has 8 rings (SSSR count). The van der Waals surface area contributed by atoms with Gasteiger partial charge in [0.05, 0.1) is 70.1 Å². The van der Waals surface area contributed by atoms with Crippen LogP contribution in [0.3, 0.4) is 0 Å². The van der Waals surface area contributed by atoms with Gasteiger partial charge in [0.15, 0.2) is 0 Å². The van der Waals surface area contributed by atoms with E-state index in [1.807, 2.05) is 32.9 Å². The topological polar surface area (TPSA) is 223 Å². The van der Waals surface area contributed by atoms with Crippen molar-refractivity contribution in [3.63, 3.8) is 0 Å². The van der Waals surface area contributed by atoms with Crippen LogP contribution in [-0.4, -0.2) is 108 Å². The van der Waals surface area contributed by atoms with E-state index >= 15 is 0 Å². The van der Waals surface area contributed by atoms with Crippen molar-refractivity contribution in [2.45, 2.75) is 90.1 Å². The molecule has 2 unspecified atom stereocenters. The molecule has 6 atom stereocenters. The number of aryl methyl sites for hydroxylation is 2. The van der Waals surface area contributed by atoms with Crippen molar-refractivity contribution in [2.75, 3.05) is 27.4 Å². The van der Waals surface area contributed by atoms with E-state index < -0.39 is 36.4 Å². The maximum absolute atomic E-state index is 13.6. The minimum Gasteiger partial charge on any atom is -0.496 e. The summed E-state index contributed by atoms with van der Waals surface area (Å²) in [5.41, 5.74) is 5.65. The molecule has 1 aliphatic carbocycles. The molecule has 3 aromatic carbocycles. The number of carboxylic acids is 2. The molecule has 0 bridgehead atoms. The summed E-state index contributed by atoms with van der Waals surface area (Å²) >= 11 is 0. The van der Waals surface area contributed by atoms with Gasteiger partial charge in [-0.25, -0.2) is 14.0 Å². The van der Waals surface area contributed by atoms with E-state index in [1.54, 1.807) is 48.5 Å². The zero-order valence-electron chi connectivity index (χ0n) is 38.9. The zero-order valence-corrected chi connectivity index (χ0v) is 38.9. The average molecular weight is 947 g/mol. The highest BCUT2D eigenvalue weighted by Crippen LogP contribution is 2.38. The van der Waals surface area contributed by atoms with Crippen molar-refractivity contribution in [3.05, 3.63) is 136 Å². The van der Waals surface area contributed by atoms with Gasteiger partial charge in [-0.15, -0.1) is 0 Å². The number of halogens is 1. The maximum Gasteiger partial charge on any atom is 0.338 e. The summed E-state index contributed by atoms with van der Waals surface area (Å²) in [4.78, 5) is 32.5. The number of aromatic nitrogens is 6. The minimum absolute atomic E-state index is 0.00697. The number of carboxylic acid groups (broad SMARTS) is 2. The molecule has 18 heteroatoms. The van der Waals surface area contributed by atoms with Gasteiger partial charge in [0, 0.05) is 18.0 Å².